The molecule has 1 aromatic heterocycles. The van der Waals surface area contributed by atoms with E-state index >= 15 is 0 Å². The zero-order chi connectivity index (χ0) is 13.2. The van der Waals surface area contributed by atoms with Crippen molar-refractivity contribution in [2.75, 3.05) is 7.05 Å². The first-order chi connectivity index (χ1) is 8.50. The van der Waals surface area contributed by atoms with Crippen molar-refractivity contribution in [3.8, 4) is 0 Å². The molecule has 0 radical (unpaired) electrons. The van der Waals surface area contributed by atoms with Crippen LogP contribution in [0.25, 0.3) is 0 Å². The van der Waals surface area contributed by atoms with Crippen LogP contribution in [-0.2, 0) is 16.6 Å². The van der Waals surface area contributed by atoms with Gasteiger partial charge in [-0.1, -0.05) is 28.1 Å². The summed E-state index contributed by atoms with van der Waals surface area (Å²) in [5.41, 5.74) is 0.916. The fourth-order valence-electron chi connectivity index (χ4n) is 1.54. The average Bonchev–Trinajstić information content (AvgIpc) is 2.82. The molecule has 0 unspecified atom stereocenters. The second-order valence-electron chi connectivity index (χ2n) is 3.83. The van der Waals surface area contributed by atoms with E-state index in [2.05, 4.69) is 26.1 Å². The Balaban J connectivity index is 2.20. The van der Waals surface area contributed by atoms with Crippen molar-refractivity contribution in [1.29, 1.82) is 0 Å². The molecular weight excluding hydrogens is 318 g/mol. The van der Waals surface area contributed by atoms with Crippen molar-refractivity contribution in [3.63, 3.8) is 0 Å². The van der Waals surface area contributed by atoms with Gasteiger partial charge in [-0.2, -0.15) is 9.40 Å². The highest BCUT2D eigenvalue weighted by atomic mass is 79.9. The summed E-state index contributed by atoms with van der Waals surface area (Å²) in [4.78, 5) is 0.167. The van der Waals surface area contributed by atoms with Crippen LogP contribution in [0.3, 0.4) is 0 Å². The van der Waals surface area contributed by atoms with E-state index in [-0.39, 0.29) is 4.90 Å². The first-order valence-electron chi connectivity index (χ1n) is 5.20. The summed E-state index contributed by atoms with van der Waals surface area (Å²) < 4.78 is 26.5. The van der Waals surface area contributed by atoms with Crippen LogP contribution in [0.2, 0.25) is 0 Å². The van der Waals surface area contributed by atoms with Gasteiger partial charge in [-0.05, 0) is 17.7 Å². The van der Waals surface area contributed by atoms with E-state index in [4.69, 9.17) is 0 Å². The van der Waals surface area contributed by atoms with E-state index in [1.54, 1.807) is 7.05 Å². The fraction of sp³-hybridized carbons (Fsp3) is 0.182. The lowest BCUT2D eigenvalue weighted by molar-refractivity contribution is 0.466. The average molecular weight is 330 g/mol. The Kier molecular flexibility index (Phi) is 3.84. The standard InChI is InChI=1S/C11H12BrN3O2S/c1-15(8-9-3-2-4-10(12)5-9)18(16,17)11-6-13-14-7-11/h2-7H,8H2,1H3,(H,13,14). The zero-order valence-electron chi connectivity index (χ0n) is 9.67. The van der Waals surface area contributed by atoms with Crippen molar-refractivity contribution in [2.24, 2.45) is 0 Å². The number of hydrogen-bond acceptors (Lipinski definition) is 3. The van der Waals surface area contributed by atoms with Gasteiger partial charge in [0, 0.05) is 24.3 Å². The Morgan fingerprint density at radius 2 is 2.22 bits per heavy atom. The van der Waals surface area contributed by atoms with Crippen molar-refractivity contribution in [3.05, 3.63) is 46.7 Å². The molecule has 1 aromatic carbocycles. The van der Waals surface area contributed by atoms with Crippen LogP contribution in [-0.4, -0.2) is 30.0 Å². The molecule has 0 atom stereocenters. The number of nitrogens with zero attached hydrogens (tertiary/aromatic N) is 2. The monoisotopic (exact) mass is 329 g/mol. The van der Waals surface area contributed by atoms with Crippen molar-refractivity contribution in [1.82, 2.24) is 14.5 Å². The zero-order valence-corrected chi connectivity index (χ0v) is 12.1. The summed E-state index contributed by atoms with van der Waals surface area (Å²) in [6.07, 6.45) is 2.67. The quantitative estimate of drug-likeness (QED) is 0.932. The van der Waals surface area contributed by atoms with Crippen LogP contribution in [0.4, 0.5) is 0 Å². The maximum absolute atomic E-state index is 12.1. The van der Waals surface area contributed by atoms with Gasteiger partial charge in [-0.3, -0.25) is 5.10 Å². The number of rotatable bonds is 4. The molecule has 0 fully saturated rings. The lowest BCUT2D eigenvalue weighted by Crippen LogP contribution is -2.26. The van der Waals surface area contributed by atoms with Crippen LogP contribution < -0.4 is 0 Å². The molecule has 0 spiro atoms. The minimum absolute atomic E-state index is 0.167. The van der Waals surface area contributed by atoms with E-state index in [1.807, 2.05) is 24.3 Å². The second kappa shape index (κ2) is 5.21. The Morgan fingerprint density at radius 3 is 2.83 bits per heavy atom. The third kappa shape index (κ3) is 2.80. The van der Waals surface area contributed by atoms with E-state index in [0.717, 1.165) is 10.0 Å². The van der Waals surface area contributed by atoms with Gasteiger partial charge < -0.3 is 0 Å². The summed E-state index contributed by atoms with van der Waals surface area (Å²) in [6, 6.07) is 7.54. The van der Waals surface area contributed by atoms with Crippen LogP contribution in [0.1, 0.15) is 5.56 Å². The maximum Gasteiger partial charge on any atom is 0.246 e. The maximum atomic E-state index is 12.1. The van der Waals surface area contributed by atoms with E-state index in [0.29, 0.717) is 6.54 Å². The number of nitrogens with one attached hydrogen (secondary N) is 1. The Morgan fingerprint density at radius 1 is 1.44 bits per heavy atom. The highest BCUT2D eigenvalue weighted by molar-refractivity contribution is 9.10. The molecule has 18 heavy (non-hydrogen) atoms. The summed E-state index contributed by atoms with van der Waals surface area (Å²) in [5, 5.41) is 6.15. The van der Waals surface area contributed by atoms with Gasteiger partial charge in [0.15, 0.2) is 0 Å². The highest BCUT2D eigenvalue weighted by Crippen LogP contribution is 2.17. The summed E-state index contributed by atoms with van der Waals surface area (Å²) in [7, 11) is -1.94. The molecule has 0 aliphatic heterocycles. The molecule has 2 rings (SSSR count). The predicted octanol–water partition coefficient (Wildman–Crippen LogP) is 1.99. The Bertz CT molecular complexity index is 625. The van der Waals surface area contributed by atoms with Crippen LogP contribution in [0.15, 0.2) is 46.0 Å². The van der Waals surface area contributed by atoms with Crippen molar-refractivity contribution < 1.29 is 8.42 Å². The minimum atomic E-state index is -3.48. The van der Waals surface area contributed by atoms with Crippen molar-refractivity contribution in [2.45, 2.75) is 11.4 Å². The number of hydrogen-bond donors (Lipinski definition) is 1. The molecule has 96 valence electrons. The first-order valence-corrected chi connectivity index (χ1v) is 7.43. The summed E-state index contributed by atoms with van der Waals surface area (Å²) in [6.45, 7) is 0.312. The SMILES string of the molecule is CN(Cc1cccc(Br)c1)S(=O)(=O)c1cn[nH]c1. The summed E-state index contributed by atoms with van der Waals surface area (Å²) >= 11 is 3.36. The number of benzene rings is 1. The van der Waals surface area contributed by atoms with E-state index in [9.17, 15) is 8.42 Å². The molecule has 0 saturated carbocycles. The molecule has 5 nitrogen and oxygen atoms in total. The molecule has 0 amide bonds. The lowest BCUT2D eigenvalue weighted by atomic mass is 10.2. The normalized spacial score (nSPS) is 11.9. The first kappa shape index (κ1) is 13.3. The third-order valence-electron chi connectivity index (χ3n) is 2.48. The van der Waals surface area contributed by atoms with Gasteiger partial charge in [0.05, 0.1) is 6.20 Å². The second-order valence-corrected chi connectivity index (χ2v) is 6.79. The van der Waals surface area contributed by atoms with Crippen LogP contribution >= 0.6 is 15.9 Å². The Labute approximate surface area is 114 Å². The predicted molar refractivity (Wildman–Crippen MR) is 71.4 cm³/mol. The molecule has 0 saturated heterocycles. The van der Waals surface area contributed by atoms with Gasteiger partial charge in [0.1, 0.15) is 4.90 Å². The van der Waals surface area contributed by atoms with Gasteiger partial charge >= 0.3 is 0 Å². The van der Waals surface area contributed by atoms with Crippen molar-refractivity contribution >= 4 is 26.0 Å². The van der Waals surface area contributed by atoms with E-state index < -0.39 is 10.0 Å². The Hall–Kier alpha value is -1.18. The minimum Gasteiger partial charge on any atom is -0.284 e. The van der Waals surface area contributed by atoms with Crippen LogP contribution in [0.5, 0.6) is 0 Å². The number of H-pyrrole nitrogens is 1. The number of sulfonamides is 1. The molecule has 0 aliphatic carbocycles. The van der Waals surface area contributed by atoms with Gasteiger partial charge in [0.25, 0.3) is 0 Å². The molecule has 2 aromatic rings. The molecule has 1 N–H and O–H groups in total. The molecule has 0 bridgehead atoms. The summed E-state index contributed by atoms with van der Waals surface area (Å²) in [5.74, 6) is 0. The smallest absolute Gasteiger partial charge is 0.246 e. The molecule has 7 heteroatoms. The molecule has 1 heterocycles. The fourth-order valence-corrected chi connectivity index (χ4v) is 3.05. The largest absolute Gasteiger partial charge is 0.284 e. The molecular formula is C11H12BrN3O2S. The van der Waals surface area contributed by atoms with Gasteiger partial charge in [-0.25, -0.2) is 8.42 Å². The van der Waals surface area contributed by atoms with Gasteiger partial charge in [0.2, 0.25) is 10.0 Å². The topological polar surface area (TPSA) is 66.1 Å². The third-order valence-corrected chi connectivity index (χ3v) is 4.74. The highest BCUT2D eigenvalue weighted by Gasteiger charge is 2.21. The van der Waals surface area contributed by atoms with Crippen LogP contribution in [0, 0.1) is 0 Å². The number of aromatic amines is 1. The number of aromatic nitrogens is 2. The molecule has 0 aliphatic rings. The van der Waals surface area contributed by atoms with E-state index in [1.165, 1.54) is 16.7 Å². The van der Waals surface area contributed by atoms with Gasteiger partial charge in [-0.15, -0.1) is 0 Å². The number of halogens is 1. The lowest BCUT2D eigenvalue weighted by Gasteiger charge is -2.16.